The van der Waals surface area contributed by atoms with E-state index in [-0.39, 0.29) is 23.9 Å². The minimum atomic E-state index is -0.483. The van der Waals surface area contributed by atoms with Crippen LogP contribution in [0.1, 0.15) is 34.1 Å². The Balaban J connectivity index is 1.61. The van der Waals surface area contributed by atoms with E-state index >= 15 is 0 Å². The van der Waals surface area contributed by atoms with Gasteiger partial charge in [0.15, 0.2) is 0 Å². The third kappa shape index (κ3) is 2.69. The predicted octanol–water partition coefficient (Wildman–Crippen LogP) is 4.13. The number of imidazole rings is 1. The van der Waals surface area contributed by atoms with Crippen molar-refractivity contribution in [2.45, 2.75) is 19.0 Å². The summed E-state index contributed by atoms with van der Waals surface area (Å²) in [6.07, 6.45) is 0.442. The van der Waals surface area contributed by atoms with Gasteiger partial charge in [-0.15, -0.1) is 0 Å². The second-order valence-corrected chi connectivity index (χ2v) is 8.23. The minimum Gasteiger partial charge on any atom is -0.508 e. The van der Waals surface area contributed by atoms with Crippen molar-refractivity contribution >= 4 is 10.9 Å². The van der Waals surface area contributed by atoms with Crippen LogP contribution in [0, 0.1) is 0 Å². The lowest BCUT2D eigenvalue weighted by Crippen LogP contribution is -2.32. The molecule has 0 spiro atoms. The topological polar surface area (TPSA) is 83.2 Å². The van der Waals surface area contributed by atoms with Gasteiger partial charge >= 0.3 is 5.69 Å². The van der Waals surface area contributed by atoms with Crippen LogP contribution in [0.25, 0.3) is 10.9 Å². The summed E-state index contributed by atoms with van der Waals surface area (Å²) in [7, 11) is 0. The molecule has 1 atom stereocenters. The summed E-state index contributed by atoms with van der Waals surface area (Å²) in [4.78, 5) is 17.1. The highest BCUT2D eigenvalue weighted by Gasteiger charge is 2.35. The quantitative estimate of drug-likeness (QED) is 0.400. The first-order valence-electron chi connectivity index (χ1n) is 10.6. The summed E-state index contributed by atoms with van der Waals surface area (Å²) < 4.78 is 3.08. The average Bonchev–Trinajstić information content (AvgIpc) is 3.29. The number of benzene rings is 3. The first kappa shape index (κ1) is 18.6. The van der Waals surface area contributed by atoms with Crippen LogP contribution in [0.4, 0.5) is 0 Å². The predicted molar refractivity (Wildman–Crippen MR) is 122 cm³/mol. The first-order chi connectivity index (χ1) is 15.6. The number of hydrogen-bond donors (Lipinski definition) is 3. The molecule has 0 amide bonds. The summed E-state index contributed by atoms with van der Waals surface area (Å²) in [5, 5.41) is 22.4. The molecule has 1 aliphatic rings. The maximum Gasteiger partial charge on any atom is 0.332 e. The molecule has 0 radical (unpaired) electrons. The Morgan fingerprint density at radius 1 is 0.938 bits per heavy atom. The monoisotopic (exact) mass is 423 g/mol. The second kappa shape index (κ2) is 6.92. The molecule has 3 aromatic carbocycles. The number of nitrogens with one attached hydrogen (secondary N) is 1. The van der Waals surface area contributed by atoms with E-state index in [1.165, 1.54) is 4.57 Å². The fourth-order valence-corrected chi connectivity index (χ4v) is 4.89. The maximum absolute atomic E-state index is 13.6. The van der Waals surface area contributed by atoms with Gasteiger partial charge in [-0.2, -0.15) is 0 Å². The third-order valence-electron chi connectivity index (χ3n) is 6.33. The van der Waals surface area contributed by atoms with E-state index in [1.807, 2.05) is 54.6 Å². The van der Waals surface area contributed by atoms with Crippen LogP contribution in [-0.4, -0.2) is 24.3 Å². The van der Waals surface area contributed by atoms with Gasteiger partial charge in [0.05, 0.1) is 12.2 Å². The van der Waals surface area contributed by atoms with E-state index in [9.17, 15) is 15.0 Å². The number of phenolic OH excluding ortho intramolecular Hbond substituents is 1. The van der Waals surface area contributed by atoms with Crippen molar-refractivity contribution in [3.05, 3.63) is 117 Å². The van der Waals surface area contributed by atoms with Crippen LogP contribution in [0.2, 0.25) is 0 Å². The fraction of sp³-hybridized carbons (Fsp3) is 0.115. The molecule has 3 N–H and O–H groups in total. The zero-order chi connectivity index (χ0) is 21.8. The Labute approximate surface area is 183 Å². The fourth-order valence-electron chi connectivity index (χ4n) is 4.89. The SMILES string of the molecule is O=c1n(Cc2ccccc2)c(O)c2n1[C@H](c1cccc(O)c1)c1[nH]c3ccccc3c1C2. The minimum absolute atomic E-state index is 0.0139. The van der Waals surface area contributed by atoms with Crippen molar-refractivity contribution < 1.29 is 10.2 Å². The molecule has 0 fully saturated rings. The smallest absolute Gasteiger partial charge is 0.332 e. The highest BCUT2D eigenvalue weighted by Crippen LogP contribution is 2.41. The normalized spacial score (nSPS) is 14.9. The molecule has 6 heteroatoms. The Hall–Kier alpha value is -4.19. The summed E-state index contributed by atoms with van der Waals surface area (Å²) in [6, 6.07) is 24.1. The lowest BCUT2D eigenvalue weighted by atomic mass is 9.93. The molecular weight excluding hydrogens is 402 g/mol. The van der Waals surface area contributed by atoms with Crippen LogP contribution in [0.15, 0.2) is 83.7 Å². The lowest BCUT2D eigenvalue weighted by Gasteiger charge is -2.26. The van der Waals surface area contributed by atoms with E-state index in [4.69, 9.17) is 0 Å². The molecule has 0 bridgehead atoms. The zero-order valence-electron chi connectivity index (χ0n) is 17.2. The maximum atomic E-state index is 13.6. The molecule has 0 saturated carbocycles. The molecular formula is C26H21N3O3. The van der Waals surface area contributed by atoms with Crippen LogP contribution >= 0.6 is 0 Å². The van der Waals surface area contributed by atoms with Gasteiger partial charge in [-0.25, -0.2) is 4.79 Å². The molecule has 5 aromatic rings. The van der Waals surface area contributed by atoms with E-state index in [1.54, 1.807) is 22.8 Å². The Kier molecular flexibility index (Phi) is 4.01. The van der Waals surface area contributed by atoms with Crippen molar-refractivity contribution in [1.82, 2.24) is 14.1 Å². The molecule has 0 aliphatic carbocycles. The van der Waals surface area contributed by atoms with Gasteiger partial charge in [0.25, 0.3) is 0 Å². The van der Waals surface area contributed by atoms with Crippen LogP contribution in [0.3, 0.4) is 0 Å². The number of aromatic hydroxyl groups is 2. The number of hydrogen-bond acceptors (Lipinski definition) is 3. The summed E-state index contributed by atoms with van der Waals surface area (Å²) in [6.45, 7) is 0.285. The van der Waals surface area contributed by atoms with Crippen molar-refractivity contribution in [2.24, 2.45) is 0 Å². The first-order valence-corrected chi connectivity index (χ1v) is 10.6. The number of aromatic amines is 1. The molecule has 0 unspecified atom stereocenters. The molecule has 0 saturated heterocycles. The molecule has 32 heavy (non-hydrogen) atoms. The van der Waals surface area contributed by atoms with Gasteiger partial charge in [-0.05, 0) is 34.9 Å². The van der Waals surface area contributed by atoms with Gasteiger partial charge in [-0.3, -0.25) is 9.13 Å². The second-order valence-electron chi connectivity index (χ2n) is 8.23. The van der Waals surface area contributed by atoms with Gasteiger partial charge in [0, 0.05) is 23.0 Å². The van der Waals surface area contributed by atoms with Gasteiger partial charge in [0.2, 0.25) is 5.88 Å². The standard InChI is InChI=1S/C26H21N3O3/c30-18-10-6-9-17(13-18)24-23-20(19-11-4-5-12-21(19)27-23)14-22-25(31)28(26(32)29(22)24)15-16-7-2-1-3-8-16/h1-13,24,27,30-31H,14-15H2/t24-/m1/s1. The van der Waals surface area contributed by atoms with E-state index in [0.29, 0.717) is 12.1 Å². The van der Waals surface area contributed by atoms with Gasteiger partial charge < -0.3 is 15.2 Å². The zero-order valence-corrected chi connectivity index (χ0v) is 17.2. The number of phenols is 1. The number of nitrogens with zero attached hydrogens (tertiary/aromatic N) is 2. The Morgan fingerprint density at radius 2 is 1.72 bits per heavy atom. The summed E-state index contributed by atoms with van der Waals surface area (Å²) >= 11 is 0. The third-order valence-corrected chi connectivity index (χ3v) is 6.33. The Bertz CT molecular complexity index is 1530. The van der Waals surface area contributed by atoms with Crippen LogP contribution in [-0.2, 0) is 13.0 Å². The molecule has 6 nitrogen and oxygen atoms in total. The van der Waals surface area contributed by atoms with E-state index in [2.05, 4.69) is 11.1 Å². The molecule has 6 rings (SSSR count). The number of para-hydroxylation sites is 1. The summed E-state index contributed by atoms with van der Waals surface area (Å²) in [5.41, 5.74) is 4.96. The van der Waals surface area contributed by atoms with Crippen molar-refractivity contribution in [3.8, 4) is 11.6 Å². The number of aromatic nitrogens is 3. The van der Waals surface area contributed by atoms with E-state index in [0.717, 1.165) is 33.3 Å². The van der Waals surface area contributed by atoms with Crippen LogP contribution in [0.5, 0.6) is 11.6 Å². The van der Waals surface area contributed by atoms with Gasteiger partial charge in [-0.1, -0.05) is 60.7 Å². The highest BCUT2D eigenvalue weighted by molar-refractivity contribution is 5.86. The van der Waals surface area contributed by atoms with E-state index < -0.39 is 6.04 Å². The molecule has 2 aromatic heterocycles. The number of rotatable bonds is 3. The highest BCUT2D eigenvalue weighted by atomic mass is 16.3. The summed E-state index contributed by atoms with van der Waals surface area (Å²) in [5.74, 6) is 0.119. The van der Waals surface area contributed by atoms with Crippen molar-refractivity contribution in [3.63, 3.8) is 0 Å². The average molecular weight is 423 g/mol. The largest absolute Gasteiger partial charge is 0.508 e. The number of H-pyrrole nitrogens is 1. The molecule has 158 valence electrons. The molecule has 1 aliphatic heterocycles. The van der Waals surface area contributed by atoms with Crippen molar-refractivity contribution in [2.75, 3.05) is 0 Å². The van der Waals surface area contributed by atoms with Crippen molar-refractivity contribution in [1.29, 1.82) is 0 Å². The lowest BCUT2D eigenvalue weighted by molar-refractivity contribution is 0.416. The van der Waals surface area contributed by atoms with Gasteiger partial charge in [0.1, 0.15) is 11.8 Å². The van der Waals surface area contributed by atoms with Crippen LogP contribution < -0.4 is 5.69 Å². The molecule has 3 heterocycles. The Morgan fingerprint density at radius 3 is 2.53 bits per heavy atom. The number of fused-ring (bicyclic) bond motifs is 4.